The zero-order valence-electron chi connectivity index (χ0n) is 11.1. The van der Waals surface area contributed by atoms with Crippen LogP contribution in [0.25, 0.3) is 0 Å². The Kier molecular flexibility index (Phi) is 5.23. The lowest BCUT2D eigenvalue weighted by Crippen LogP contribution is -2.39. The van der Waals surface area contributed by atoms with Crippen molar-refractivity contribution >= 4 is 21.7 Å². The summed E-state index contributed by atoms with van der Waals surface area (Å²) in [4.78, 5) is 12.2. The second-order valence-electron chi connectivity index (χ2n) is 4.77. The van der Waals surface area contributed by atoms with Gasteiger partial charge in [-0.1, -0.05) is 6.92 Å². The van der Waals surface area contributed by atoms with E-state index in [-0.39, 0.29) is 34.2 Å². The average molecular weight is 348 g/mol. The van der Waals surface area contributed by atoms with Gasteiger partial charge in [0.15, 0.2) is 0 Å². The molecule has 1 aromatic carbocycles. The van der Waals surface area contributed by atoms with Gasteiger partial charge in [0.05, 0.1) is 23.6 Å². The SMILES string of the molecule is CCNC1COCC1C(=O)Cc1c(F)ccc(Br)c1F. The molecular formula is C14H16BrF2NO2. The number of hydrogen-bond donors (Lipinski definition) is 1. The van der Waals surface area contributed by atoms with Gasteiger partial charge in [0.25, 0.3) is 0 Å². The van der Waals surface area contributed by atoms with Gasteiger partial charge in [0, 0.05) is 18.0 Å². The van der Waals surface area contributed by atoms with Gasteiger partial charge >= 0.3 is 0 Å². The number of benzene rings is 1. The molecule has 1 fully saturated rings. The van der Waals surface area contributed by atoms with E-state index < -0.39 is 11.6 Å². The van der Waals surface area contributed by atoms with Gasteiger partial charge in [-0.2, -0.15) is 0 Å². The van der Waals surface area contributed by atoms with Crippen molar-refractivity contribution in [3.05, 3.63) is 33.8 Å². The molecule has 3 nitrogen and oxygen atoms in total. The zero-order chi connectivity index (χ0) is 14.7. The summed E-state index contributed by atoms with van der Waals surface area (Å²) in [6, 6.07) is 2.37. The highest BCUT2D eigenvalue weighted by atomic mass is 79.9. The maximum Gasteiger partial charge on any atom is 0.144 e. The lowest BCUT2D eigenvalue weighted by atomic mass is 9.93. The van der Waals surface area contributed by atoms with Crippen LogP contribution in [0.15, 0.2) is 16.6 Å². The molecule has 0 spiro atoms. The summed E-state index contributed by atoms with van der Waals surface area (Å²) in [6.07, 6.45) is -0.257. The topological polar surface area (TPSA) is 38.3 Å². The molecule has 0 bridgehead atoms. The van der Waals surface area contributed by atoms with E-state index in [0.717, 1.165) is 12.6 Å². The van der Waals surface area contributed by atoms with Gasteiger partial charge < -0.3 is 10.1 Å². The first-order chi connectivity index (χ1) is 9.54. The molecular weight excluding hydrogens is 332 g/mol. The Morgan fingerprint density at radius 1 is 1.45 bits per heavy atom. The first-order valence-electron chi connectivity index (χ1n) is 6.50. The van der Waals surface area contributed by atoms with Crippen molar-refractivity contribution in [3.8, 4) is 0 Å². The van der Waals surface area contributed by atoms with Crippen molar-refractivity contribution in [2.45, 2.75) is 19.4 Å². The summed E-state index contributed by atoms with van der Waals surface area (Å²) in [5, 5.41) is 3.16. The quantitative estimate of drug-likeness (QED) is 0.831. The first kappa shape index (κ1) is 15.5. The van der Waals surface area contributed by atoms with Crippen LogP contribution in [-0.4, -0.2) is 31.6 Å². The van der Waals surface area contributed by atoms with E-state index in [1.165, 1.54) is 6.07 Å². The van der Waals surface area contributed by atoms with E-state index in [9.17, 15) is 13.6 Å². The number of ether oxygens (including phenoxy) is 1. The van der Waals surface area contributed by atoms with Crippen LogP contribution in [-0.2, 0) is 16.0 Å². The Bertz CT molecular complexity index is 510. The van der Waals surface area contributed by atoms with Crippen LogP contribution in [0.2, 0.25) is 0 Å². The molecule has 0 amide bonds. The number of halogens is 3. The third-order valence-electron chi connectivity index (χ3n) is 3.45. The third kappa shape index (κ3) is 3.24. The van der Waals surface area contributed by atoms with Crippen LogP contribution < -0.4 is 5.32 Å². The predicted molar refractivity (Wildman–Crippen MR) is 74.5 cm³/mol. The minimum absolute atomic E-state index is 0.0780. The molecule has 1 aliphatic heterocycles. The molecule has 6 heteroatoms. The van der Waals surface area contributed by atoms with Crippen molar-refractivity contribution in [1.82, 2.24) is 5.32 Å². The predicted octanol–water partition coefficient (Wildman–Crippen LogP) is 2.46. The fraction of sp³-hybridized carbons (Fsp3) is 0.500. The number of rotatable bonds is 5. The summed E-state index contributed by atoms with van der Waals surface area (Å²) in [7, 11) is 0. The second-order valence-corrected chi connectivity index (χ2v) is 5.63. The Morgan fingerprint density at radius 3 is 2.90 bits per heavy atom. The van der Waals surface area contributed by atoms with Gasteiger partial charge in [0.2, 0.25) is 0 Å². The van der Waals surface area contributed by atoms with Gasteiger partial charge in [-0.05, 0) is 34.6 Å². The van der Waals surface area contributed by atoms with Crippen LogP contribution in [0, 0.1) is 17.6 Å². The minimum Gasteiger partial charge on any atom is -0.379 e. The van der Waals surface area contributed by atoms with E-state index in [1.807, 2.05) is 6.92 Å². The maximum absolute atomic E-state index is 13.9. The minimum atomic E-state index is -0.711. The van der Waals surface area contributed by atoms with E-state index in [2.05, 4.69) is 21.2 Å². The molecule has 1 heterocycles. The third-order valence-corrected chi connectivity index (χ3v) is 4.06. The summed E-state index contributed by atoms with van der Waals surface area (Å²) < 4.78 is 33.0. The van der Waals surface area contributed by atoms with Crippen LogP contribution in [0.4, 0.5) is 8.78 Å². The molecule has 2 rings (SSSR count). The average Bonchev–Trinajstić information content (AvgIpc) is 2.88. The van der Waals surface area contributed by atoms with Crippen LogP contribution in [0.3, 0.4) is 0 Å². The molecule has 20 heavy (non-hydrogen) atoms. The molecule has 0 saturated carbocycles. The van der Waals surface area contributed by atoms with Crippen molar-refractivity contribution in [2.24, 2.45) is 5.92 Å². The smallest absolute Gasteiger partial charge is 0.144 e. The van der Waals surface area contributed by atoms with Crippen molar-refractivity contribution in [1.29, 1.82) is 0 Å². The fourth-order valence-corrected chi connectivity index (χ4v) is 2.74. The standard InChI is InChI=1S/C14H16BrF2NO2/c1-2-18-12-7-20-6-9(12)13(19)5-8-11(16)4-3-10(15)14(8)17/h3-4,9,12,18H,2,5-7H2,1H3. The van der Waals surface area contributed by atoms with Gasteiger partial charge in [-0.15, -0.1) is 0 Å². The molecule has 0 aliphatic carbocycles. The number of carbonyl (C=O) groups is 1. The van der Waals surface area contributed by atoms with E-state index >= 15 is 0 Å². The monoisotopic (exact) mass is 347 g/mol. The molecule has 0 aromatic heterocycles. The number of nitrogens with one attached hydrogen (secondary N) is 1. The lowest BCUT2D eigenvalue weighted by Gasteiger charge is -2.17. The number of ketones is 1. The molecule has 2 unspecified atom stereocenters. The van der Waals surface area contributed by atoms with Gasteiger partial charge in [-0.3, -0.25) is 4.79 Å². The Labute approximate surface area is 124 Å². The van der Waals surface area contributed by atoms with Gasteiger partial charge in [-0.25, -0.2) is 8.78 Å². The fourth-order valence-electron chi connectivity index (χ4n) is 2.37. The number of Topliss-reactive ketones (excluding diaryl/α,β-unsaturated/α-hetero) is 1. The summed E-state index contributed by atoms with van der Waals surface area (Å²) in [5.41, 5.74) is -0.188. The summed E-state index contributed by atoms with van der Waals surface area (Å²) in [6.45, 7) is 3.41. The molecule has 0 radical (unpaired) electrons. The summed E-state index contributed by atoms with van der Waals surface area (Å²) in [5.74, 6) is -1.97. The van der Waals surface area contributed by atoms with Crippen LogP contribution >= 0.6 is 15.9 Å². The highest BCUT2D eigenvalue weighted by molar-refractivity contribution is 9.10. The largest absolute Gasteiger partial charge is 0.379 e. The summed E-state index contributed by atoms with van der Waals surface area (Å²) >= 11 is 3.00. The first-order valence-corrected chi connectivity index (χ1v) is 7.30. The van der Waals surface area contributed by atoms with Crippen molar-refractivity contribution < 1.29 is 18.3 Å². The molecule has 1 N–H and O–H groups in total. The van der Waals surface area contributed by atoms with Gasteiger partial charge in [0.1, 0.15) is 17.4 Å². The van der Waals surface area contributed by atoms with E-state index in [1.54, 1.807) is 0 Å². The molecule has 1 saturated heterocycles. The molecule has 2 atom stereocenters. The highest BCUT2D eigenvalue weighted by Crippen LogP contribution is 2.24. The molecule has 1 aliphatic rings. The molecule has 1 aromatic rings. The normalized spacial score (nSPS) is 22.2. The second kappa shape index (κ2) is 6.74. The van der Waals surface area contributed by atoms with Crippen molar-refractivity contribution in [3.63, 3.8) is 0 Å². The Hall–Kier alpha value is -0.850. The Morgan fingerprint density at radius 2 is 2.20 bits per heavy atom. The van der Waals surface area contributed by atoms with E-state index in [4.69, 9.17) is 4.74 Å². The highest BCUT2D eigenvalue weighted by Gasteiger charge is 2.34. The molecule has 110 valence electrons. The zero-order valence-corrected chi connectivity index (χ0v) is 12.7. The maximum atomic E-state index is 13.9. The Balaban J connectivity index is 2.14. The lowest BCUT2D eigenvalue weighted by molar-refractivity contribution is -0.122. The number of hydrogen-bond acceptors (Lipinski definition) is 3. The number of carbonyl (C=O) groups excluding carboxylic acids is 1. The van der Waals surface area contributed by atoms with Crippen LogP contribution in [0.1, 0.15) is 12.5 Å². The van der Waals surface area contributed by atoms with Crippen LogP contribution in [0.5, 0.6) is 0 Å². The van der Waals surface area contributed by atoms with E-state index in [0.29, 0.717) is 13.2 Å². The van der Waals surface area contributed by atoms with Crippen molar-refractivity contribution in [2.75, 3.05) is 19.8 Å². The number of likely N-dealkylation sites (N-methyl/N-ethyl adjacent to an activating group) is 1.